The quantitative estimate of drug-likeness (QED) is 0.539. The molecule has 0 saturated heterocycles. The molecule has 0 heterocycles. The highest BCUT2D eigenvalue weighted by atomic mass is 16.5. The van der Waals surface area contributed by atoms with E-state index in [2.05, 4.69) is 0 Å². The number of rotatable bonds is 3. The van der Waals surface area contributed by atoms with Gasteiger partial charge in [-0.25, -0.2) is 0 Å². The molecule has 0 amide bonds. The molecule has 13 heavy (non-hydrogen) atoms. The number of ether oxygens (including phenoxy) is 1. The van der Waals surface area contributed by atoms with E-state index in [1.54, 1.807) is 7.11 Å². The third-order valence-electron chi connectivity index (χ3n) is 2.31. The first-order chi connectivity index (χ1) is 6.25. The Labute approximate surface area is 78.4 Å². The Morgan fingerprint density at radius 1 is 1.46 bits per heavy atom. The minimum atomic E-state index is 0.111. The summed E-state index contributed by atoms with van der Waals surface area (Å²) >= 11 is 0. The zero-order valence-corrected chi connectivity index (χ0v) is 8.01. The maximum Gasteiger partial charge on any atom is 0.162 e. The van der Waals surface area contributed by atoms with E-state index in [0.29, 0.717) is 25.0 Å². The molecule has 1 N–H and O–H groups in total. The number of carbonyl (C=O) groups is 1. The fraction of sp³-hybridized carbons (Fsp3) is 0.700. The predicted octanol–water partition coefficient (Wildman–Crippen LogP) is 1.98. The molecule has 0 bridgehead atoms. The van der Waals surface area contributed by atoms with E-state index < -0.39 is 0 Å². The molecule has 0 spiro atoms. The molecular formula is C10H16O3. The highest BCUT2D eigenvalue weighted by molar-refractivity contribution is 5.96. The average molecular weight is 184 g/mol. The second-order valence-corrected chi connectivity index (χ2v) is 3.30. The number of aliphatic hydroxyl groups excluding tert-OH is 1. The van der Waals surface area contributed by atoms with Crippen molar-refractivity contribution in [3.8, 4) is 0 Å². The van der Waals surface area contributed by atoms with Gasteiger partial charge < -0.3 is 9.84 Å². The van der Waals surface area contributed by atoms with Crippen LogP contribution in [0.2, 0.25) is 0 Å². The zero-order valence-electron chi connectivity index (χ0n) is 8.01. The lowest BCUT2D eigenvalue weighted by Crippen LogP contribution is -2.11. The normalized spacial score (nSPS) is 21.8. The Balaban J connectivity index is 2.58. The van der Waals surface area contributed by atoms with E-state index in [0.717, 1.165) is 19.3 Å². The van der Waals surface area contributed by atoms with Crippen molar-refractivity contribution in [1.82, 2.24) is 0 Å². The molecule has 0 aromatic rings. The largest absolute Gasteiger partial charge is 0.512 e. The Hall–Kier alpha value is -0.830. The van der Waals surface area contributed by atoms with Gasteiger partial charge in [-0.05, 0) is 19.3 Å². The van der Waals surface area contributed by atoms with Gasteiger partial charge in [0.1, 0.15) is 5.76 Å². The van der Waals surface area contributed by atoms with Gasteiger partial charge in [-0.2, -0.15) is 0 Å². The van der Waals surface area contributed by atoms with Gasteiger partial charge in [0, 0.05) is 25.5 Å². The van der Waals surface area contributed by atoms with Gasteiger partial charge in [-0.3, -0.25) is 4.79 Å². The van der Waals surface area contributed by atoms with Crippen LogP contribution in [0.15, 0.2) is 11.3 Å². The molecule has 74 valence electrons. The summed E-state index contributed by atoms with van der Waals surface area (Å²) in [6, 6.07) is 0. The smallest absolute Gasteiger partial charge is 0.162 e. The molecule has 1 aliphatic carbocycles. The fourth-order valence-corrected chi connectivity index (χ4v) is 1.53. The monoisotopic (exact) mass is 184 g/mol. The van der Waals surface area contributed by atoms with Crippen LogP contribution in [0.1, 0.15) is 32.1 Å². The van der Waals surface area contributed by atoms with Crippen molar-refractivity contribution in [2.24, 2.45) is 0 Å². The van der Waals surface area contributed by atoms with E-state index >= 15 is 0 Å². The van der Waals surface area contributed by atoms with Gasteiger partial charge in [0.25, 0.3) is 0 Å². The molecule has 1 fully saturated rings. The van der Waals surface area contributed by atoms with Crippen LogP contribution < -0.4 is 0 Å². The molecule has 1 rings (SSSR count). The Bertz CT molecular complexity index is 218. The lowest BCUT2D eigenvalue weighted by Gasteiger charge is -2.14. The van der Waals surface area contributed by atoms with Crippen LogP contribution in [0.25, 0.3) is 0 Å². The standard InChI is InChI=1S/C10H16O3/c1-13-7-6-10(12)8-4-2-3-5-9(8)11/h12H,2-7H2,1H3. The van der Waals surface area contributed by atoms with Crippen molar-refractivity contribution in [3.63, 3.8) is 0 Å². The summed E-state index contributed by atoms with van der Waals surface area (Å²) in [6.07, 6.45) is 3.75. The highest BCUT2D eigenvalue weighted by Crippen LogP contribution is 2.22. The number of aliphatic hydroxyl groups is 1. The van der Waals surface area contributed by atoms with E-state index in [-0.39, 0.29) is 11.5 Å². The number of carbonyl (C=O) groups excluding carboxylic acids is 1. The third kappa shape index (κ3) is 2.84. The predicted molar refractivity (Wildman–Crippen MR) is 49.6 cm³/mol. The van der Waals surface area contributed by atoms with Gasteiger partial charge in [-0.1, -0.05) is 0 Å². The van der Waals surface area contributed by atoms with E-state index in [1.165, 1.54) is 0 Å². The minimum absolute atomic E-state index is 0.111. The molecule has 0 unspecified atom stereocenters. The van der Waals surface area contributed by atoms with Crippen molar-refractivity contribution in [2.45, 2.75) is 32.1 Å². The van der Waals surface area contributed by atoms with Crippen molar-refractivity contribution < 1.29 is 14.6 Å². The van der Waals surface area contributed by atoms with Crippen LogP contribution in [-0.4, -0.2) is 24.6 Å². The highest BCUT2D eigenvalue weighted by Gasteiger charge is 2.18. The van der Waals surface area contributed by atoms with Crippen molar-refractivity contribution in [1.29, 1.82) is 0 Å². The Kier molecular flexibility index (Phi) is 3.96. The number of Topliss-reactive ketones (excluding diaryl/α,β-unsaturated/α-hetero) is 1. The van der Waals surface area contributed by atoms with Crippen molar-refractivity contribution in [2.75, 3.05) is 13.7 Å². The summed E-state index contributed by atoms with van der Waals surface area (Å²) in [5, 5.41) is 9.55. The summed E-state index contributed by atoms with van der Waals surface area (Å²) < 4.78 is 4.83. The first-order valence-corrected chi connectivity index (χ1v) is 4.69. The molecule has 0 aliphatic heterocycles. The molecular weight excluding hydrogens is 168 g/mol. The van der Waals surface area contributed by atoms with Crippen molar-refractivity contribution >= 4 is 5.78 Å². The summed E-state index contributed by atoms with van der Waals surface area (Å²) in [4.78, 5) is 11.3. The van der Waals surface area contributed by atoms with Gasteiger partial charge in [0.15, 0.2) is 5.78 Å². The van der Waals surface area contributed by atoms with E-state index in [9.17, 15) is 9.90 Å². The summed E-state index contributed by atoms with van der Waals surface area (Å²) in [5.41, 5.74) is 0.628. The van der Waals surface area contributed by atoms with Crippen LogP contribution in [0.3, 0.4) is 0 Å². The Morgan fingerprint density at radius 3 is 2.77 bits per heavy atom. The first kappa shape index (κ1) is 10.3. The molecule has 0 aromatic carbocycles. The lowest BCUT2D eigenvalue weighted by molar-refractivity contribution is -0.116. The molecule has 0 aromatic heterocycles. The summed E-state index contributed by atoms with van der Waals surface area (Å²) in [6.45, 7) is 0.475. The van der Waals surface area contributed by atoms with Gasteiger partial charge in [-0.15, -0.1) is 0 Å². The fourth-order valence-electron chi connectivity index (χ4n) is 1.53. The van der Waals surface area contributed by atoms with Gasteiger partial charge >= 0.3 is 0 Å². The van der Waals surface area contributed by atoms with Gasteiger partial charge in [0.2, 0.25) is 0 Å². The molecule has 3 heteroatoms. The second kappa shape index (κ2) is 5.02. The molecule has 1 aliphatic rings. The van der Waals surface area contributed by atoms with E-state index in [4.69, 9.17) is 4.74 Å². The first-order valence-electron chi connectivity index (χ1n) is 4.69. The molecule has 0 radical (unpaired) electrons. The van der Waals surface area contributed by atoms with Crippen LogP contribution >= 0.6 is 0 Å². The summed E-state index contributed by atoms with van der Waals surface area (Å²) in [5.74, 6) is 0.339. The molecule has 3 nitrogen and oxygen atoms in total. The second-order valence-electron chi connectivity index (χ2n) is 3.30. The number of hydrogen-bond donors (Lipinski definition) is 1. The Morgan fingerprint density at radius 2 is 2.15 bits per heavy atom. The lowest BCUT2D eigenvalue weighted by atomic mass is 9.92. The minimum Gasteiger partial charge on any atom is -0.512 e. The maximum atomic E-state index is 11.3. The van der Waals surface area contributed by atoms with Crippen LogP contribution in [0.4, 0.5) is 0 Å². The summed E-state index contributed by atoms with van der Waals surface area (Å²) in [7, 11) is 1.58. The van der Waals surface area contributed by atoms with Gasteiger partial charge in [0.05, 0.1) is 6.61 Å². The number of ketones is 1. The van der Waals surface area contributed by atoms with Crippen LogP contribution in [0.5, 0.6) is 0 Å². The SMILES string of the molecule is COCCC(O)=C1CCCCC1=O. The molecule has 0 atom stereocenters. The number of methoxy groups -OCH3 is 1. The maximum absolute atomic E-state index is 11.3. The van der Waals surface area contributed by atoms with Crippen LogP contribution in [-0.2, 0) is 9.53 Å². The van der Waals surface area contributed by atoms with E-state index in [1.807, 2.05) is 0 Å². The molecule has 1 saturated carbocycles. The van der Waals surface area contributed by atoms with Crippen molar-refractivity contribution in [3.05, 3.63) is 11.3 Å². The van der Waals surface area contributed by atoms with Crippen LogP contribution in [0, 0.1) is 0 Å². The zero-order chi connectivity index (χ0) is 9.68. The number of allylic oxidation sites excluding steroid dienone is 1. The number of hydrogen-bond acceptors (Lipinski definition) is 3. The average Bonchev–Trinajstić information content (AvgIpc) is 2.15. The third-order valence-corrected chi connectivity index (χ3v) is 2.31. The topological polar surface area (TPSA) is 46.5 Å².